The van der Waals surface area contributed by atoms with E-state index >= 15 is 0 Å². The number of nitrogens with zero attached hydrogens (tertiary/aromatic N) is 1. The van der Waals surface area contributed by atoms with Gasteiger partial charge in [-0.3, -0.25) is 0 Å². The molecule has 3 heteroatoms. The minimum Gasteiger partial charge on any atom is -0.358 e. The van der Waals surface area contributed by atoms with Gasteiger partial charge in [-0.15, -0.1) is 0 Å². The van der Waals surface area contributed by atoms with Crippen molar-refractivity contribution in [1.29, 1.82) is 0 Å². The summed E-state index contributed by atoms with van der Waals surface area (Å²) in [7, 11) is 0. The number of nitrogens with one attached hydrogen (secondary N) is 2. The van der Waals surface area contributed by atoms with E-state index in [0.717, 1.165) is 12.5 Å². The fourth-order valence-electron chi connectivity index (χ4n) is 4.66. The van der Waals surface area contributed by atoms with Crippen LogP contribution in [-0.2, 0) is 0 Å². The first-order chi connectivity index (χ1) is 10.4. The molecule has 4 aliphatic rings. The van der Waals surface area contributed by atoms with Crippen LogP contribution in [0.1, 0.15) is 48.6 Å². The Bertz CT molecular complexity index is 673. The Morgan fingerprint density at radius 1 is 1.05 bits per heavy atom. The molecule has 0 aliphatic carbocycles. The summed E-state index contributed by atoms with van der Waals surface area (Å²) in [6.07, 6.45) is 5.33. The molecule has 3 nitrogen and oxygen atoms in total. The lowest BCUT2D eigenvalue weighted by Gasteiger charge is -2.40. The van der Waals surface area contributed by atoms with Crippen molar-refractivity contribution in [3.05, 3.63) is 29.3 Å². The number of H-pyrrole nitrogens is 1. The summed E-state index contributed by atoms with van der Waals surface area (Å²) in [5.41, 5.74) is 4.49. The normalized spacial score (nSPS) is 25.5. The van der Waals surface area contributed by atoms with E-state index in [4.69, 9.17) is 0 Å². The summed E-state index contributed by atoms with van der Waals surface area (Å²) >= 11 is 0. The molecule has 1 unspecified atom stereocenters. The van der Waals surface area contributed by atoms with Gasteiger partial charge in [0.1, 0.15) is 5.82 Å². The fourth-order valence-corrected chi connectivity index (χ4v) is 4.66. The molecule has 0 saturated carbocycles. The summed E-state index contributed by atoms with van der Waals surface area (Å²) < 4.78 is 0. The largest absolute Gasteiger partial charge is 0.358 e. The van der Waals surface area contributed by atoms with Crippen LogP contribution >= 0.6 is 0 Å². The van der Waals surface area contributed by atoms with Gasteiger partial charge < -0.3 is 15.2 Å². The van der Waals surface area contributed by atoms with Gasteiger partial charge in [0, 0.05) is 36.1 Å². The first-order valence-electron chi connectivity index (χ1n) is 8.51. The fraction of sp³-hybridized carbons (Fsp3) is 0.556. The second kappa shape index (κ2) is 4.51. The zero-order valence-electron chi connectivity index (χ0n) is 12.5. The average molecular weight is 281 g/mol. The second-order valence-electron chi connectivity index (χ2n) is 7.00. The monoisotopic (exact) mass is 281 g/mol. The predicted octanol–water partition coefficient (Wildman–Crippen LogP) is 3.33. The number of aromatic amines is 1. The molecular formula is C18H23N3. The molecule has 6 rings (SSSR count). The van der Waals surface area contributed by atoms with E-state index in [1.807, 2.05) is 0 Å². The molecule has 21 heavy (non-hydrogen) atoms. The number of hydrogen-bond acceptors (Lipinski definition) is 2. The topological polar surface area (TPSA) is 31.1 Å². The summed E-state index contributed by atoms with van der Waals surface area (Å²) in [6, 6.07) is 7.15. The quantitative estimate of drug-likeness (QED) is 0.840. The first kappa shape index (κ1) is 12.1. The van der Waals surface area contributed by atoms with Gasteiger partial charge in [-0.1, -0.05) is 6.07 Å². The third kappa shape index (κ3) is 1.76. The lowest BCUT2D eigenvalue weighted by molar-refractivity contribution is 0.461. The molecule has 2 bridgehead atoms. The third-order valence-electron chi connectivity index (χ3n) is 5.83. The average Bonchev–Trinajstić information content (AvgIpc) is 2.97. The van der Waals surface area contributed by atoms with E-state index in [9.17, 15) is 0 Å². The number of benzene rings is 1. The van der Waals surface area contributed by atoms with Crippen molar-refractivity contribution in [3.63, 3.8) is 0 Å². The van der Waals surface area contributed by atoms with Crippen molar-refractivity contribution >= 4 is 16.7 Å². The molecule has 0 radical (unpaired) electrons. The van der Waals surface area contributed by atoms with Crippen LogP contribution in [0.2, 0.25) is 0 Å². The Morgan fingerprint density at radius 3 is 2.76 bits per heavy atom. The number of anilines is 1. The second-order valence-corrected chi connectivity index (χ2v) is 7.00. The molecule has 4 aliphatic heterocycles. The van der Waals surface area contributed by atoms with Crippen molar-refractivity contribution in [2.45, 2.75) is 37.5 Å². The molecule has 2 saturated heterocycles. The minimum atomic E-state index is 0.704. The standard InChI is InChI=1S/C18H23N3/c1-2-14(11-19-7-1)13-3-4-16-15(10-13)17-12-5-8-21(9-6-12)18(17)20-16/h3-4,10,12,14,19-20H,1-2,5-9,11H2. The molecule has 2 aromatic rings. The van der Waals surface area contributed by atoms with E-state index in [-0.39, 0.29) is 0 Å². The van der Waals surface area contributed by atoms with Crippen LogP contribution in [0.25, 0.3) is 10.9 Å². The molecule has 5 heterocycles. The van der Waals surface area contributed by atoms with E-state index in [2.05, 4.69) is 33.4 Å². The Morgan fingerprint density at radius 2 is 1.95 bits per heavy atom. The lowest BCUT2D eigenvalue weighted by Crippen LogP contribution is -2.38. The predicted molar refractivity (Wildman–Crippen MR) is 87.3 cm³/mol. The maximum atomic E-state index is 3.69. The lowest BCUT2D eigenvalue weighted by atomic mass is 9.83. The highest BCUT2D eigenvalue weighted by molar-refractivity contribution is 5.91. The van der Waals surface area contributed by atoms with Crippen molar-refractivity contribution in [2.75, 3.05) is 31.1 Å². The Hall–Kier alpha value is -1.48. The van der Waals surface area contributed by atoms with Gasteiger partial charge in [-0.25, -0.2) is 0 Å². The van der Waals surface area contributed by atoms with Crippen LogP contribution in [0.5, 0.6) is 0 Å². The molecule has 0 spiro atoms. The number of aromatic nitrogens is 1. The number of hydrogen-bond donors (Lipinski definition) is 2. The zero-order valence-corrected chi connectivity index (χ0v) is 12.5. The highest BCUT2D eigenvalue weighted by Gasteiger charge is 2.34. The van der Waals surface area contributed by atoms with Crippen LogP contribution in [-0.4, -0.2) is 31.2 Å². The maximum Gasteiger partial charge on any atom is 0.110 e. The van der Waals surface area contributed by atoms with Crippen molar-refractivity contribution in [1.82, 2.24) is 10.3 Å². The first-order valence-corrected chi connectivity index (χ1v) is 8.51. The van der Waals surface area contributed by atoms with Gasteiger partial charge in [0.25, 0.3) is 0 Å². The van der Waals surface area contributed by atoms with Gasteiger partial charge in [-0.05, 0) is 61.8 Å². The van der Waals surface area contributed by atoms with Crippen LogP contribution in [0.15, 0.2) is 18.2 Å². The molecule has 2 fully saturated rings. The van der Waals surface area contributed by atoms with Gasteiger partial charge in [0.15, 0.2) is 0 Å². The van der Waals surface area contributed by atoms with Crippen molar-refractivity contribution in [3.8, 4) is 0 Å². The molecular weight excluding hydrogens is 258 g/mol. The van der Waals surface area contributed by atoms with Crippen molar-refractivity contribution < 1.29 is 0 Å². The SMILES string of the molecule is c1cc2[nH]c3c(c2cc1C1CCCNC1)C1CCN3CC1. The van der Waals surface area contributed by atoms with E-state index in [1.54, 1.807) is 5.56 Å². The Labute approximate surface area is 125 Å². The van der Waals surface area contributed by atoms with Gasteiger partial charge in [0.05, 0.1) is 0 Å². The zero-order chi connectivity index (χ0) is 13.8. The molecule has 2 N–H and O–H groups in total. The van der Waals surface area contributed by atoms with Crippen LogP contribution < -0.4 is 10.2 Å². The smallest absolute Gasteiger partial charge is 0.110 e. The van der Waals surface area contributed by atoms with Crippen molar-refractivity contribution in [2.24, 2.45) is 0 Å². The van der Waals surface area contributed by atoms with Gasteiger partial charge in [-0.2, -0.15) is 0 Å². The highest BCUT2D eigenvalue weighted by Crippen LogP contribution is 2.46. The Balaban J connectivity index is 1.63. The summed E-state index contributed by atoms with van der Waals surface area (Å²) in [6.45, 7) is 4.82. The molecule has 1 aromatic heterocycles. The molecule has 110 valence electrons. The molecule has 1 atom stereocenters. The van der Waals surface area contributed by atoms with E-state index in [0.29, 0.717) is 5.92 Å². The molecule has 1 aromatic carbocycles. The number of rotatable bonds is 1. The van der Waals surface area contributed by atoms with E-state index in [1.165, 1.54) is 67.6 Å². The third-order valence-corrected chi connectivity index (χ3v) is 5.83. The van der Waals surface area contributed by atoms with Gasteiger partial charge >= 0.3 is 0 Å². The Kier molecular flexibility index (Phi) is 2.60. The summed E-state index contributed by atoms with van der Waals surface area (Å²) in [5, 5.41) is 5.05. The van der Waals surface area contributed by atoms with Gasteiger partial charge in [0.2, 0.25) is 0 Å². The number of piperidine rings is 2. The van der Waals surface area contributed by atoms with Crippen LogP contribution in [0.3, 0.4) is 0 Å². The van der Waals surface area contributed by atoms with Crippen LogP contribution in [0, 0.1) is 0 Å². The van der Waals surface area contributed by atoms with E-state index < -0.39 is 0 Å². The highest BCUT2D eigenvalue weighted by atomic mass is 15.2. The number of fused-ring (bicyclic) bond motifs is 3. The van der Waals surface area contributed by atoms with Crippen LogP contribution in [0.4, 0.5) is 5.82 Å². The molecule has 0 amide bonds. The summed E-state index contributed by atoms with van der Waals surface area (Å²) in [4.78, 5) is 6.24. The minimum absolute atomic E-state index is 0.704. The summed E-state index contributed by atoms with van der Waals surface area (Å²) in [5.74, 6) is 2.92. The maximum absolute atomic E-state index is 3.69.